The fourth-order valence-corrected chi connectivity index (χ4v) is 4.11. The van der Waals surface area contributed by atoms with Gasteiger partial charge in [0.25, 0.3) is 0 Å². The van der Waals surface area contributed by atoms with Gasteiger partial charge in [0.2, 0.25) is 12.2 Å². The summed E-state index contributed by atoms with van der Waals surface area (Å²) in [5.74, 6) is -1.24. The van der Waals surface area contributed by atoms with Gasteiger partial charge in [0.1, 0.15) is 36.7 Å². The van der Waals surface area contributed by atoms with Gasteiger partial charge in [-0.25, -0.2) is 4.79 Å². The molecular weight excluding hydrogens is 458 g/mol. The maximum Gasteiger partial charge on any atom is 0.329 e. The van der Waals surface area contributed by atoms with Gasteiger partial charge in [0, 0.05) is 18.1 Å². The normalized spacial score (nSPS) is 27.9. The zero-order valence-corrected chi connectivity index (χ0v) is 19.3. The van der Waals surface area contributed by atoms with Gasteiger partial charge in [0.15, 0.2) is 12.1 Å². The first-order valence-corrected chi connectivity index (χ1v) is 11.2. The Morgan fingerprint density at radius 2 is 1.74 bits per heavy atom. The number of Topliss-reactive ketones (excluding diaryl/α,β-unsaturated/α-hetero) is 1. The summed E-state index contributed by atoms with van der Waals surface area (Å²) in [6.07, 6.45) is -4.06. The predicted octanol–water partition coefficient (Wildman–Crippen LogP) is 2.08. The first-order valence-electron chi connectivity index (χ1n) is 11.2. The number of aliphatic carboxylic acids is 1. The van der Waals surface area contributed by atoms with E-state index in [0.29, 0.717) is 11.3 Å². The van der Waals surface area contributed by atoms with E-state index in [2.05, 4.69) is 5.32 Å². The third-order valence-corrected chi connectivity index (χ3v) is 5.69. The van der Waals surface area contributed by atoms with E-state index in [1.165, 1.54) is 13.8 Å². The molecule has 186 valence electrons. The Kier molecular flexibility index (Phi) is 7.76. The Morgan fingerprint density at radius 1 is 1.03 bits per heavy atom. The molecule has 10 nitrogen and oxygen atoms in total. The van der Waals surface area contributed by atoms with Crippen molar-refractivity contribution >= 4 is 17.7 Å². The second kappa shape index (κ2) is 11.0. The third-order valence-electron chi connectivity index (χ3n) is 5.69. The summed E-state index contributed by atoms with van der Waals surface area (Å²) in [7, 11) is 0. The first-order chi connectivity index (χ1) is 16.8. The lowest BCUT2D eigenvalue weighted by atomic mass is 9.95. The summed E-state index contributed by atoms with van der Waals surface area (Å²) in [5, 5.41) is 12.0. The van der Waals surface area contributed by atoms with Gasteiger partial charge in [-0.05, 0) is 31.2 Å². The minimum Gasteiger partial charge on any atom is -0.480 e. The summed E-state index contributed by atoms with van der Waals surface area (Å²) in [6.45, 7) is 2.32. The standard InChI is InChI=1S/C25H27NO9/c1-14(27)16-8-10-18(11-9-16)33-25-21(26-15(2)28)23(31-13-20(29)30)22-19(34-25)12-32-24(35-22)17-6-4-3-5-7-17/h3-11,19,21-25H,12-13H2,1-2H3,(H,26,28)(H,29,30). The van der Waals surface area contributed by atoms with Crippen LogP contribution in [0.4, 0.5) is 0 Å². The highest BCUT2D eigenvalue weighted by molar-refractivity contribution is 5.94. The van der Waals surface area contributed by atoms with Crippen LogP contribution in [0.3, 0.4) is 0 Å². The number of benzene rings is 2. The van der Waals surface area contributed by atoms with Crippen LogP contribution in [0.25, 0.3) is 0 Å². The quantitative estimate of drug-likeness (QED) is 0.540. The maximum atomic E-state index is 12.1. The molecule has 2 saturated heterocycles. The summed E-state index contributed by atoms with van der Waals surface area (Å²) in [5.41, 5.74) is 1.30. The van der Waals surface area contributed by atoms with Crippen LogP contribution in [0.1, 0.15) is 36.1 Å². The molecule has 6 atom stereocenters. The number of amides is 1. The lowest BCUT2D eigenvalue weighted by molar-refractivity contribution is -0.337. The molecule has 4 rings (SSSR count). The van der Waals surface area contributed by atoms with Crippen molar-refractivity contribution in [3.8, 4) is 5.75 Å². The van der Waals surface area contributed by atoms with Crippen LogP contribution in [0.5, 0.6) is 5.75 Å². The van der Waals surface area contributed by atoms with Crippen LogP contribution in [0, 0.1) is 0 Å². The number of hydrogen-bond acceptors (Lipinski definition) is 8. The molecule has 0 saturated carbocycles. The number of rotatable bonds is 8. The monoisotopic (exact) mass is 485 g/mol. The Labute approximate surface area is 202 Å². The van der Waals surface area contributed by atoms with E-state index < -0.39 is 49.5 Å². The molecule has 0 aromatic heterocycles. The van der Waals surface area contributed by atoms with Gasteiger partial charge in [-0.1, -0.05) is 30.3 Å². The Hall–Kier alpha value is -3.31. The number of ether oxygens (including phenoxy) is 5. The van der Waals surface area contributed by atoms with Crippen LogP contribution >= 0.6 is 0 Å². The van der Waals surface area contributed by atoms with E-state index in [0.717, 1.165) is 5.56 Å². The average Bonchev–Trinajstić information content (AvgIpc) is 2.84. The lowest BCUT2D eigenvalue weighted by Crippen LogP contribution is -2.68. The highest BCUT2D eigenvalue weighted by Crippen LogP contribution is 2.36. The van der Waals surface area contributed by atoms with Crippen molar-refractivity contribution in [2.24, 2.45) is 0 Å². The zero-order chi connectivity index (χ0) is 24.9. The van der Waals surface area contributed by atoms with E-state index >= 15 is 0 Å². The predicted molar refractivity (Wildman–Crippen MR) is 121 cm³/mol. The number of fused-ring (bicyclic) bond motifs is 1. The highest BCUT2D eigenvalue weighted by Gasteiger charge is 2.52. The molecule has 2 aliphatic heterocycles. The molecule has 35 heavy (non-hydrogen) atoms. The van der Waals surface area contributed by atoms with Crippen molar-refractivity contribution in [3.05, 3.63) is 65.7 Å². The van der Waals surface area contributed by atoms with Gasteiger partial charge in [-0.2, -0.15) is 0 Å². The number of carbonyl (C=O) groups is 3. The fourth-order valence-electron chi connectivity index (χ4n) is 4.11. The number of carboxylic acid groups (broad SMARTS) is 1. The molecule has 10 heteroatoms. The summed E-state index contributed by atoms with van der Waals surface area (Å²) < 4.78 is 29.9. The van der Waals surface area contributed by atoms with Crippen LogP contribution in [0.2, 0.25) is 0 Å². The first kappa shape index (κ1) is 24.8. The van der Waals surface area contributed by atoms with Gasteiger partial charge >= 0.3 is 5.97 Å². The third kappa shape index (κ3) is 6.04. The number of nitrogens with one attached hydrogen (secondary N) is 1. The second-order valence-electron chi connectivity index (χ2n) is 8.31. The SMILES string of the molecule is CC(=O)NC1C(Oc2ccc(C(C)=O)cc2)OC2COC(c3ccccc3)OC2C1OCC(=O)O. The zero-order valence-electron chi connectivity index (χ0n) is 19.3. The lowest BCUT2D eigenvalue weighted by Gasteiger charge is -2.49. The van der Waals surface area contributed by atoms with Gasteiger partial charge in [-0.3, -0.25) is 9.59 Å². The molecule has 2 aromatic carbocycles. The molecule has 0 spiro atoms. The van der Waals surface area contributed by atoms with Gasteiger partial charge < -0.3 is 34.1 Å². The highest BCUT2D eigenvalue weighted by atomic mass is 16.8. The molecule has 0 aliphatic carbocycles. The number of ketones is 1. The van der Waals surface area contributed by atoms with Crippen molar-refractivity contribution in [2.75, 3.05) is 13.2 Å². The number of carboxylic acids is 1. The molecule has 2 aromatic rings. The smallest absolute Gasteiger partial charge is 0.329 e. The Bertz CT molecular complexity index is 1040. The average molecular weight is 485 g/mol. The van der Waals surface area contributed by atoms with E-state index in [-0.39, 0.29) is 18.3 Å². The molecule has 0 bridgehead atoms. The maximum absolute atomic E-state index is 12.1. The van der Waals surface area contributed by atoms with Crippen LogP contribution in [-0.2, 0) is 28.5 Å². The number of carbonyl (C=O) groups excluding carboxylic acids is 2. The minimum absolute atomic E-state index is 0.0870. The Morgan fingerprint density at radius 3 is 2.37 bits per heavy atom. The summed E-state index contributed by atoms with van der Waals surface area (Å²) in [4.78, 5) is 34.9. The van der Waals surface area contributed by atoms with Crippen LogP contribution in [0.15, 0.2) is 54.6 Å². The van der Waals surface area contributed by atoms with Crippen LogP contribution in [-0.4, -0.2) is 66.6 Å². The molecule has 6 unspecified atom stereocenters. The second-order valence-corrected chi connectivity index (χ2v) is 8.31. The summed E-state index contributed by atoms with van der Waals surface area (Å²) >= 11 is 0. The van der Waals surface area contributed by atoms with Crippen molar-refractivity contribution < 1.29 is 43.2 Å². The topological polar surface area (TPSA) is 130 Å². The molecular formula is C25H27NO9. The van der Waals surface area contributed by atoms with Gasteiger partial charge in [-0.15, -0.1) is 0 Å². The summed E-state index contributed by atoms with van der Waals surface area (Å²) in [6, 6.07) is 14.8. The van der Waals surface area contributed by atoms with Crippen molar-refractivity contribution in [1.29, 1.82) is 0 Å². The molecule has 1 amide bonds. The van der Waals surface area contributed by atoms with E-state index in [1.54, 1.807) is 24.3 Å². The minimum atomic E-state index is -1.17. The van der Waals surface area contributed by atoms with E-state index in [9.17, 15) is 19.5 Å². The Balaban J connectivity index is 1.60. The van der Waals surface area contributed by atoms with E-state index in [1.807, 2.05) is 30.3 Å². The van der Waals surface area contributed by atoms with Crippen LogP contribution < -0.4 is 10.1 Å². The van der Waals surface area contributed by atoms with Crippen molar-refractivity contribution in [1.82, 2.24) is 5.32 Å². The molecule has 2 heterocycles. The fraction of sp³-hybridized carbons (Fsp3) is 0.400. The molecule has 2 N–H and O–H groups in total. The molecule has 0 radical (unpaired) electrons. The number of hydrogen-bond donors (Lipinski definition) is 2. The van der Waals surface area contributed by atoms with Crippen molar-refractivity contribution in [2.45, 2.75) is 50.8 Å². The van der Waals surface area contributed by atoms with Gasteiger partial charge in [0.05, 0.1) is 6.61 Å². The molecule has 2 fully saturated rings. The van der Waals surface area contributed by atoms with E-state index in [4.69, 9.17) is 23.7 Å². The molecule has 2 aliphatic rings. The largest absolute Gasteiger partial charge is 0.480 e. The van der Waals surface area contributed by atoms with Crippen molar-refractivity contribution in [3.63, 3.8) is 0 Å².